The summed E-state index contributed by atoms with van der Waals surface area (Å²) < 4.78 is 5.48. The second-order valence-electron chi connectivity index (χ2n) is 11.0. The Hall–Kier alpha value is -3.16. The molecule has 0 fully saturated rings. The van der Waals surface area contributed by atoms with Crippen LogP contribution in [0.3, 0.4) is 0 Å². The van der Waals surface area contributed by atoms with Crippen LogP contribution >= 0.6 is 0 Å². The molecule has 1 aromatic rings. The van der Waals surface area contributed by atoms with Crippen LogP contribution in [0, 0.1) is 11.8 Å². The fourth-order valence-corrected chi connectivity index (χ4v) is 3.95. The summed E-state index contributed by atoms with van der Waals surface area (Å²) in [5, 5.41) is 11.9. The molecular formula is C28H42N2O6. The van der Waals surface area contributed by atoms with Crippen LogP contribution in [-0.4, -0.2) is 59.0 Å². The van der Waals surface area contributed by atoms with Crippen molar-refractivity contribution in [1.29, 1.82) is 0 Å². The van der Waals surface area contributed by atoms with Gasteiger partial charge < -0.3 is 20.1 Å². The molecule has 0 radical (unpaired) electrons. The first-order valence-electron chi connectivity index (χ1n) is 12.2. The molecule has 2 N–H and O–H groups in total. The van der Waals surface area contributed by atoms with Gasteiger partial charge in [0.2, 0.25) is 11.8 Å². The van der Waals surface area contributed by atoms with Crippen LogP contribution in [0.1, 0.15) is 67.4 Å². The van der Waals surface area contributed by atoms with Crippen LogP contribution in [0.25, 0.3) is 0 Å². The van der Waals surface area contributed by atoms with Crippen LogP contribution in [0.2, 0.25) is 0 Å². The van der Waals surface area contributed by atoms with Crippen LogP contribution in [0.4, 0.5) is 0 Å². The number of nitrogens with zero attached hydrogens (tertiary/aromatic N) is 1. The Balaban J connectivity index is 3.11. The zero-order chi connectivity index (χ0) is 27.8. The lowest BCUT2D eigenvalue weighted by Crippen LogP contribution is -2.48. The minimum atomic E-state index is -1.05. The van der Waals surface area contributed by atoms with Gasteiger partial charge in [-0.2, -0.15) is 0 Å². The minimum absolute atomic E-state index is 0.0408. The zero-order valence-corrected chi connectivity index (χ0v) is 23.0. The first kappa shape index (κ1) is 30.9. The number of nitrogens with one attached hydrogen (secondary N) is 1. The molecule has 0 unspecified atom stereocenters. The highest BCUT2D eigenvalue weighted by Gasteiger charge is 2.39. The number of carboxylic acids is 1. The van der Waals surface area contributed by atoms with E-state index in [0.717, 1.165) is 5.56 Å². The van der Waals surface area contributed by atoms with E-state index in [1.54, 1.807) is 27.8 Å². The number of carbonyl (C=O) groups is 4. The molecule has 0 saturated heterocycles. The summed E-state index contributed by atoms with van der Waals surface area (Å²) in [4.78, 5) is 51.7. The molecule has 0 saturated carbocycles. The molecule has 2 amide bonds. The van der Waals surface area contributed by atoms with Gasteiger partial charge in [0, 0.05) is 18.0 Å². The fourth-order valence-electron chi connectivity index (χ4n) is 3.95. The SMILES string of the molecule is C/C(=C\[C@H](C(C)C)N(C)C(=O)CNC(=O)[C@@H](CC(=O)OC(C)(C)C)C(C)(C)c1ccccc1)C(=O)O. The maximum atomic E-state index is 13.4. The molecule has 0 heterocycles. The summed E-state index contributed by atoms with van der Waals surface area (Å²) in [5.41, 5.74) is -0.397. The summed E-state index contributed by atoms with van der Waals surface area (Å²) >= 11 is 0. The molecule has 8 nitrogen and oxygen atoms in total. The summed E-state index contributed by atoms with van der Waals surface area (Å²) in [6.07, 6.45) is 1.39. The number of benzene rings is 1. The van der Waals surface area contributed by atoms with E-state index in [1.165, 1.54) is 17.9 Å². The largest absolute Gasteiger partial charge is 0.478 e. The molecule has 0 aliphatic heterocycles. The smallest absolute Gasteiger partial charge is 0.331 e. The molecule has 36 heavy (non-hydrogen) atoms. The van der Waals surface area contributed by atoms with E-state index in [1.807, 2.05) is 58.0 Å². The number of carbonyl (C=O) groups excluding carboxylic acids is 3. The highest BCUT2D eigenvalue weighted by molar-refractivity contribution is 5.89. The van der Waals surface area contributed by atoms with Crippen molar-refractivity contribution in [2.24, 2.45) is 11.8 Å². The zero-order valence-electron chi connectivity index (χ0n) is 23.0. The van der Waals surface area contributed by atoms with E-state index in [4.69, 9.17) is 4.74 Å². The lowest BCUT2D eigenvalue weighted by molar-refractivity contribution is -0.158. The quantitative estimate of drug-likeness (QED) is 0.350. The number of esters is 1. The average Bonchev–Trinajstić information content (AvgIpc) is 2.77. The predicted octanol–water partition coefficient (Wildman–Crippen LogP) is 3.94. The number of ether oxygens (including phenoxy) is 1. The summed E-state index contributed by atoms with van der Waals surface area (Å²) in [6.45, 7) is 14.0. The number of rotatable bonds is 11. The van der Waals surface area contributed by atoms with Gasteiger partial charge in [-0.1, -0.05) is 64.1 Å². The van der Waals surface area contributed by atoms with Crippen LogP contribution in [0.5, 0.6) is 0 Å². The van der Waals surface area contributed by atoms with Gasteiger partial charge in [-0.05, 0) is 39.2 Å². The van der Waals surface area contributed by atoms with E-state index in [0.29, 0.717) is 0 Å². The number of hydrogen-bond acceptors (Lipinski definition) is 5. The Morgan fingerprint density at radius 1 is 1.06 bits per heavy atom. The molecule has 2 atom stereocenters. The Labute approximate surface area is 215 Å². The first-order valence-corrected chi connectivity index (χ1v) is 12.2. The van der Waals surface area contributed by atoms with E-state index in [-0.39, 0.29) is 30.4 Å². The van der Waals surface area contributed by atoms with Gasteiger partial charge in [0.05, 0.1) is 24.9 Å². The van der Waals surface area contributed by atoms with Crippen molar-refractivity contribution in [3.05, 3.63) is 47.5 Å². The third kappa shape index (κ3) is 9.13. The van der Waals surface area contributed by atoms with E-state index >= 15 is 0 Å². The molecule has 0 spiro atoms. The van der Waals surface area contributed by atoms with Gasteiger partial charge in [-0.15, -0.1) is 0 Å². The topological polar surface area (TPSA) is 113 Å². The van der Waals surface area contributed by atoms with Crippen LogP contribution in [0.15, 0.2) is 42.0 Å². The van der Waals surface area contributed by atoms with Crippen LogP contribution < -0.4 is 5.32 Å². The second kappa shape index (κ2) is 12.7. The highest BCUT2D eigenvalue weighted by atomic mass is 16.6. The van der Waals surface area contributed by atoms with Crippen molar-refractivity contribution < 1.29 is 29.0 Å². The van der Waals surface area contributed by atoms with Crippen molar-refractivity contribution in [3.63, 3.8) is 0 Å². The Morgan fingerprint density at radius 3 is 2.08 bits per heavy atom. The number of amides is 2. The molecule has 1 rings (SSSR count). The molecule has 200 valence electrons. The van der Waals surface area contributed by atoms with E-state index in [2.05, 4.69) is 5.32 Å². The molecule has 0 aromatic heterocycles. The lowest BCUT2D eigenvalue weighted by atomic mass is 9.71. The van der Waals surface area contributed by atoms with Crippen molar-refractivity contribution in [2.75, 3.05) is 13.6 Å². The number of aliphatic carboxylic acids is 1. The Kier molecular flexibility index (Phi) is 10.9. The molecule has 0 bridgehead atoms. The van der Waals surface area contributed by atoms with Gasteiger partial charge in [-0.3, -0.25) is 14.4 Å². The molecule has 0 aliphatic carbocycles. The number of hydrogen-bond donors (Lipinski definition) is 2. The van der Waals surface area contributed by atoms with Gasteiger partial charge in [0.1, 0.15) is 5.60 Å². The van der Waals surface area contributed by atoms with E-state index in [9.17, 15) is 24.3 Å². The molecular weight excluding hydrogens is 460 g/mol. The summed E-state index contributed by atoms with van der Waals surface area (Å²) in [7, 11) is 1.58. The highest BCUT2D eigenvalue weighted by Crippen LogP contribution is 2.34. The predicted molar refractivity (Wildman–Crippen MR) is 139 cm³/mol. The van der Waals surface area contributed by atoms with Crippen molar-refractivity contribution in [1.82, 2.24) is 10.2 Å². The van der Waals surface area contributed by atoms with Gasteiger partial charge in [0.25, 0.3) is 0 Å². The second-order valence-corrected chi connectivity index (χ2v) is 11.0. The normalized spacial score (nSPS) is 14.1. The van der Waals surface area contributed by atoms with E-state index < -0.39 is 40.8 Å². The van der Waals surface area contributed by atoms with Crippen molar-refractivity contribution in [3.8, 4) is 0 Å². The molecule has 8 heteroatoms. The third-order valence-corrected chi connectivity index (χ3v) is 6.19. The van der Waals surface area contributed by atoms with Crippen molar-refractivity contribution >= 4 is 23.8 Å². The third-order valence-electron chi connectivity index (χ3n) is 6.19. The number of likely N-dealkylation sites (N-methyl/N-ethyl adjacent to an activating group) is 1. The first-order chi connectivity index (χ1) is 16.5. The average molecular weight is 503 g/mol. The summed E-state index contributed by atoms with van der Waals surface area (Å²) in [5.74, 6) is -3.18. The standard InChI is InChI=1S/C28H42N2O6/c1-18(2)22(15-19(3)26(34)35)30(9)23(31)17-29-25(33)21(16-24(32)36-27(4,5)6)28(7,8)20-13-11-10-12-14-20/h10-15,18,21-22H,16-17H2,1-9H3,(H,29,33)(H,34,35)/b19-15+/t21-,22-/m1/s1. The maximum Gasteiger partial charge on any atom is 0.331 e. The van der Waals surface area contributed by atoms with Gasteiger partial charge >= 0.3 is 11.9 Å². The van der Waals surface area contributed by atoms with Crippen molar-refractivity contribution in [2.45, 2.75) is 78.9 Å². The Bertz CT molecular complexity index is 960. The molecule has 1 aromatic carbocycles. The van der Waals surface area contributed by atoms with Crippen LogP contribution in [-0.2, 0) is 29.3 Å². The number of carboxylic acid groups (broad SMARTS) is 1. The minimum Gasteiger partial charge on any atom is -0.478 e. The summed E-state index contributed by atoms with van der Waals surface area (Å²) in [6, 6.07) is 8.97. The fraction of sp³-hybridized carbons (Fsp3) is 0.571. The maximum absolute atomic E-state index is 13.4. The van der Waals surface area contributed by atoms with Gasteiger partial charge in [0.15, 0.2) is 0 Å². The Morgan fingerprint density at radius 2 is 1.61 bits per heavy atom. The monoisotopic (exact) mass is 502 g/mol. The molecule has 0 aliphatic rings. The van der Waals surface area contributed by atoms with Gasteiger partial charge in [-0.25, -0.2) is 4.79 Å². The lowest BCUT2D eigenvalue weighted by Gasteiger charge is -2.34.